The number of terminal acetylenes is 1. The van der Waals surface area contributed by atoms with Crippen molar-refractivity contribution in [3.05, 3.63) is 33.1 Å². The number of aromatic amines is 1. The van der Waals surface area contributed by atoms with E-state index in [9.17, 15) is 14.7 Å². The van der Waals surface area contributed by atoms with Gasteiger partial charge in [0.1, 0.15) is 18.3 Å². The van der Waals surface area contributed by atoms with Crippen LogP contribution in [-0.4, -0.2) is 44.7 Å². The van der Waals surface area contributed by atoms with Crippen LogP contribution >= 0.6 is 0 Å². The molecule has 0 aliphatic carbocycles. The van der Waals surface area contributed by atoms with Gasteiger partial charge in [0.15, 0.2) is 12.3 Å². The Balaban J connectivity index is 2.39. The Hall–Kier alpha value is -2.08. The summed E-state index contributed by atoms with van der Waals surface area (Å²) in [5, 5.41) is 18.9. The largest absolute Gasteiger partial charge is 0.436 e. The summed E-state index contributed by atoms with van der Waals surface area (Å²) >= 11 is 0. The molecule has 2 unspecified atom stereocenters. The average molecular weight is 268 g/mol. The van der Waals surface area contributed by atoms with E-state index in [0.717, 1.165) is 10.6 Å². The van der Waals surface area contributed by atoms with Crippen molar-refractivity contribution in [2.45, 2.75) is 24.5 Å². The van der Waals surface area contributed by atoms with Crippen molar-refractivity contribution in [1.82, 2.24) is 9.55 Å². The molecule has 102 valence electrons. The first kappa shape index (κ1) is 13.4. The summed E-state index contributed by atoms with van der Waals surface area (Å²) in [6, 6.07) is 1.12. The Morgan fingerprint density at radius 2 is 2.32 bits per heavy atom. The van der Waals surface area contributed by atoms with E-state index in [1.165, 1.54) is 6.20 Å². The predicted octanol–water partition coefficient (Wildman–Crippen LogP) is -2.24. The number of H-pyrrole nitrogens is 1. The van der Waals surface area contributed by atoms with Gasteiger partial charge in [0.2, 0.25) is 0 Å². The van der Waals surface area contributed by atoms with Crippen molar-refractivity contribution in [1.29, 1.82) is 0 Å². The number of hydrogen-bond donors (Lipinski definition) is 3. The van der Waals surface area contributed by atoms with Gasteiger partial charge in [-0.25, -0.2) is 4.79 Å². The van der Waals surface area contributed by atoms with E-state index in [4.69, 9.17) is 21.0 Å². The molecule has 2 rings (SSSR count). The minimum atomic E-state index is -1.19. The monoisotopic (exact) mass is 268 g/mol. The Labute approximate surface area is 107 Å². The van der Waals surface area contributed by atoms with Gasteiger partial charge in [0.25, 0.3) is 5.56 Å². The van der Waals surface area contributed by atoms with Gasteiger partial charge in [-0.2, -0.15) is 0 Å². The molecule has 1 aromatic heterocycles. The quantitative estimate of drug-likeness (QED) is 0.534. The van der Waals surface area contributed by atoms with Crippen LogP contribution in [0.2, 0.25) is 0 Å². The highest BCUT2D eigenvalue weighted by atomic mass is 16.6. The summed E-state index contributed by atoms with van der Waals surface area (Å²) < 4.78 is 11.2. The number of rotatable bonds is 3. The summed E-state index contributed by atoms with van der Waals surface area (Å²) in [6.45, 7) is -0.458. The fraction of sp³-hybridized carbons (Fsp3) is 0.455. The van der Waals surface area contributed by atoms with Crippen LogP contribution in [0.5, 0.6) is 0 Å². The van der Waals surface area contributed by atoms with Gasteiger partial charge in [-0.1, -0.05) is 6.42 Å². The van der Waals surface area contributed by atoms with E-state index in [1.807, 2.05) is 11.1 Å². The van der Waals surface area contributed by atoms with E-state index >= 15 is 0 Å². The standard InChI is InChI=1S/C11H12N2O6/c1-2-18-9-8(16)6(5-14)19-10(9)13-4-3-7(15)12-11(13)17/h1,3-4,6,8-10,14,16H,5H2,(H,12,15,17)/t6-,8?,9?,10-/m0/s1. The van der Waals surface area contributed by atoms with Crippen molar-refractivity contribution < 1.29 is 19.7 Å². The van der Waals surface area contributed by atoms with Crippen LogP contribution in [-0.2, 0) is 9.47 Å². The molecule has 4 atom stereocenters. The molecular formula is C11H12N2O6. The molecule has 0 saturated carbocycles. The van der Waals surface area contributed by atoms with Crippen LogP contribution in [0.25, 0.3) is 0 Å². The predicted molar refractivity (Wildman–Crippen MR) is 62.0 cm³/mol. The van der Waals surface area contributed by atoms with Gasteiger partial charge in [-0.05, 0) is 0 Å². The van der Waals surface area contributed by atoms with Crippen LogP contribution in [0, 0.1) is 12.5 Å². The van der Waals surface area contributed by atoms with E-state index in [1.54, 1.807) is 0 Å². The molecule has 1 fully saturated rings. The van der Waals surface area contributed by atoms with Crippen LogP contribution < -0.4 is 11.2 Å². The third-order valence-electron chi connectivity index (χ3n) is 2.82. The fourth-order valence-corrected chi connectivity index (χ4v) is 1.93. The van der Waals surface area contributed by atoms with Gasteiger partial charge < -0.3 is 19.7 Å². The molecule has 0 bridgehead atoms. The van der Waals surface area contributed by atoms with Gasteiger partial charge in [0, 0.05) is 12.3 Å². The lowest BCUT2D eigenvalue weighted by atomic mass is 10.1. The number of ether oxygens (including phenoxy) is 2. The summed E-state index contributed by atoms with van der Waals surface area (Å²) in [5.74, 6) is 0. The van der Waals surface area contributed by atoms with E-state index in [0.29, 0.717) is 0 Å². The number of nitrogens with zero attached hydrogens (tertiary/aromatic N) is 1. The van der Waals surface area contributed by atoms with Crippen LogP contribution in [0.3, 0.4) is 0 Å². The van der Waals surface area contributed by atoms with Crippen molar-refractivity contribution >= 4 is 0 Å². The van der Waals surface area contributed by atoms with Crippen LogP contribution in [0.4, 0.5) is 0 Å². The third kappa shape index (κ3) is 2.39. The molecule has 1 aliphatic heterocycles. The Kier molecular flexibility index (Phi) is 3.71. The first-order valence-electron chi connectivity index (χ1n) is 5.45. The first-order valence-corrected chi connectivity index (χ1v) is 5.45. The zero-order chi connectivity index (χ0) is 14.0. The summed E-state index contributed by atoms with van der Waals surface area (Å²) in [5.41, 5.74) is -1.29. The summed E-state index contributed by atoms with van der Waals surface area (Å²) in [7, 11) is 0. The fourth-order valence-electron chi connectivity index (χ4n) is 1.93. The Morgan fingerprint density at radius 3 is 2.89 bits per heavy atom. The molecule has 1 aliphatic rings. The SMILES string of the molecule is C#COC1C(O)[C@H](CO)O[C@@H]1n1ccc(=O)[nH]c1=O. The maximum absolute atomic E-state index is 11.7. The average Bonchev–Trinajstić information content (AvgIpc) is 2.68. The smallest absolute Gasteiger partial charge is 0.330 e. The number of aliphatic hydroxyl groups is 2. The second-order valence-electron chi connectivity index (χ2n) is 3.96. The molecule has 1 aromatic rings. The summed E-state index contributed by atoms with van der Waals surface area (Å²) in [6.07, 6.45) is 3.94. The first-order chi connectivity index (χ1) is 9.08. The van der Waals surface area contributed by atoms with Crippen molar-refractivity contribution in [2.75, 3.05) is 6.61 Å². The molecular weight excluding hydrogens is 256 g/mol. The Bertz CT molecular complexity index is 600. The van der Waals surface area contributed by atoms with Crippen molar-refractivity contribution in [3.63, 3.8) is 0 Å². The normalized spacial score (nSPS) is 29.9. The van der Waals surface area contributed by atoms with Crippen molar-refractivity contribution in [2.24, 2.45) is 0 Å². The number of aliphatic hydroxyl groups excluding tert-OH is 2. The molecule has 8 heteroatoms. The minimum Gasteiger partial charge on any atom is -0.436 e. The lowest BCUT2D eigenvalue weighted by Gasteiger charge is -2.19. The zero-order valence-corrected chi connectivity index (χ0v) is 9.72. The van der Waals surface area contributed by atoms with E-state index in [-0.39, 0.29) is 0 Å². The Morgan fingerprint density at radius 1 is 1.58 bits per heavy atom. The van der Waals surface area contributed by atoms with E-state index in [2.05, 4.69) is 0 Å². The molecule has 0 amide bonds. The van der Waals surface area contributed by atoms with Crippen molar-refractivity contribution in [3.8, 4) is 12.5 Å². The third-order valence-corrected chi connectivity index (χ3v) is 2.82. The minimum absolute atomic E-state index is 0.458. The topological polar surface area (TPSA) is 114 Å². The molecule has 1 saturated heterocycles. The number of hydrogen-bond acceptors (Lipinski definition) is 6. The van der Waals surface area contributed by atoms with Crippen LogP contribution in [0.1, 0.15) is 6.23 Å². The van der Waals surface area contributed by atoms with E-state index < -0.39 is 42.4 Å². The highest BCUT2D eigenvalue weighted by Crippen LogP contribution is 2.30. The van der Waals surface area contributed by atoms with Gasteiger partial charge in [-0.15, -0.1) is 0 Å². The van der Waals surface area contributed by atoms with Gasteiger partial charge >= 0.3 is 5.69 Å². The molecule has 2 heterocycles. The van der Waals surface area contributed by atoms with Gasteiger partial charge in [-0.3, -0.25) is 14.3 Å². The molecule has 8 nitrogen and oxygen atoms in total. The van der Waals surface area contributed by atoms with Gasteiger partial charge in [0.05, 0.1) is 6.61 Å². The second kappa shape index (κ2) is 5.27. The lowest BCUT2D eigenvalue weighted by Crippen LogP contribution is -2.38. The molecule has 3 N–H and O–H groups in total. The summed E-state index contributed by atoms with van der Waals surface area (Å²) in [4.78, 5) is 24.7. The highest BCUT2D eigenvalue weighted by molar-refractivity contribution is 4.95. The number of nitrogens with one attached hydrogen (secondary N) is 1. The molecule has 19 heavy (non-hydrogen) atoms. The number of aromatic nitrogens is 2. The highest BCUT2D eigenvalue weighted by Gasteiger charge is 2.46. The molecule has 0 aromatic carbocycles. The lowest BCUT2D eigenvalue weighted by molar-refractivity contribution is -0.0549. The molecule has 0 radical (unpaired) electrons. The molecule has 0 spiro atoms. The second-order valence-corrected chi connectivity index (χ2v) is 3.96. The maximum Gasteiger partial charge on any atom is 0.330 e. The van der Waals surface area contributed by atoms with Crippen LogP contribution in [0.15, 0.2) is 21.9 Å². The maximum atomic E-state index is 11.7. The zero-order valence-electron chi connectivity index (χ0n) is 9.72.